The summed E-state index contributed by atoms with van der Waals surface area (Å²) in [5.41, 5.74) is -3.92. The maximum atomic E-state index is 14.0. The van der Waals surface area contributed by atoms with Crippen molar-refractivity contribution in [3.63, 3.8) is 0 Å². The Morgan fingerprint density at radius 1 is 0.891 bits per heavy atom. The van der Waals surface area contributed by atoms with Gasteiger partial charge in [0.2, 0.25) is 0 Å². The zero-order valence-electron chi connectivity index (χ0n) is 30.7. The molecule has 0 aromatic rings. The van der Waals surface area contributed by atoms with Crippen LogP contribution in [-0.4, -0.2) is 106 Å². The van der Waals surface area contributed by atoms with Gasteiger partial charge in [0.25, 0.3) is 0 Å². The van der Waals surface area contributed by atoms with Gasteiger partial charge in [-0.25, -0.2) is 0 Å². The predicted molar refractivity (Wildman–Crippen MR) is 173 cm³/mol. The number of ether oxygens (including phenoxy) is 6. The van der Waals surface area contributed by atoms with Gasteiger partial charge in [-0.05, 0) is 75.2 Å². The molecule has 2 saturated heterocycles. The van der Waals surface area contributed by atoms with E-state index >= 15 is 0 Å². The third-order valence-electron chi connectivity index (χ3n) is 10.2. The number of aliphatic hydroxyl groups excluding tert-OH is 2. The second-order valence-electron chi connectivity index (χ2n) is 15.1. The van der Waals surface area contributed by atoms with Crippen LogP contribution in [0.3, 0.4) is 0 Å². The molecule has 2 aliphatic heterocycles. The van der Waals surface area contributed by atoms with Gasteiger partial charge in [-0.3, -0.25) is 9.59 Å². The van der Waals surface area contributed by atoms with Gasteiger partial charge in [-0.1, -0.05) is 27.7 Å². The average molecular weight is 661 g/mol. The van der Waals surface area contributed by atoms with Crippen LogP contribution in [0.4, 0.5) is 0 Å². The second-order valence-corrected chi connectivity index (χ2v) is 15.1. The fourth-order valence-electron chi connectivity index (χ4n) is 7.53. The van der Waals surface area contributed by atoms with Crippen LogP contribution in [0, 0.1) is 23.7 Å². The smallest absolute Gasteiger partial charge is 0.311 e. The standard InChI is InChI=1S/C35H64O11/c1-15-25-35(13,40)29(37)21(7)27(36)20(6)16-34(12,46-19(4)5)31(42-18(2)3)22(8)28(23(9)32(39)44-25)45-26-17-33(11,41-14)30(38)24(10)43-26/h18-26,28-31,37-38,40H,15-17H2,1-14H3/t20-,21+,22+,23-,24+,25-,26+,28+,29-,30+,31-,33-,34-,35-/m1/s1. The monoisotopic (exact) mass is 660 g/mol. The molecular formula is C35H64O11. The summed E-state index contributed by atoms with van der Waals surface area (Å²) in [4.78, 5) is 27.8. The van der Waals surface area contributed by atoms with E-state index in [1.807, 2.05) is 41.5 Å². The van der Waals surface area contributed by atoms with Crippen molar-refractivity contribution in [2.75, 3.05) is 7.11 Å². The normalized spacial score (nSPS) is 45.5. The SMILES string of the molecule is CC[C@H]1OC(=O)[C@H](C)[C@@H](O[C@H]2C[C@@](C)(OC)[C@@H](O)[C@H](C)O2)[C@H](C)[C@@H](OC(C)C)[C@](C)(OC(C)C)C[C@@H](C)C(=O)[C@H](C)[C@@H](O)[C@]1(C)O. The Morgan fingerprint density at radius 3 is 1.98 bits per heavy atom. The van der Waals surface area contributed by atoms with Crippen molar-refractivity contribution in [3.05, 3.63) is 0 Å². The molecule has 0 aromatic carbocycles. The highest BCUT2D eigenvalue weighted by Gasteiger charge is 2.53. The van der Waals surface area contributed by atoms with E-state index < -0.39 is 89.4 Å². The summed E-state index contributed by atoms with van der Waals surface area (Å²) < 4.78 is 37.7. The Hall–Kier alpha value is -1.18. The first-order chi connectivity index (χ1) is 21.1. The van der Waals surface area contributed by atoms with Crippen molar-refractivity contribution >= 4 is 11.8 Å². The molecule has 11 heteroatoms. The lowest BCUT2D eigenvalue weighted by Gasteiger charge is -2.49. The van der Waals surface area contributed by atoms with Crippen LogP contribution in [0.1, 0.15) is 109 Å². The van der Waals surface area contributed by atoms with Gasteiger partial charge in [0.1, 0.15) is 23.6 Å². The van der Waals surface area contributed by atoms with Gasteiger partial charge in [0, 0.05) is 31.3 Å². The number of ketones is 1. The molecular weight excluding hydrogens is 596 g/mol. The van der Waals surface area contributed by atoms with E-state index in [-0.39, 0.29) is 37.3 Å². The van der Waals surface area contributed by atoms with E-state index in [1.165, 1.54) is 14.0 Å². The lowest BCUT2D eigenvalue weighted by Crippen LogP contribution is -2.60. The van der Waals surface area contributed by atoms with Crippen LogP contribution in [0.5, 0.6) is 0 Å². The number of esters is 1. The molecule has 0 aliphatic carbocycles. The molecule has 0 radical (unpaired) electrons. The number of hydrogen-bond acceptors (Lipinski definition) is 11. The quantitative estimate of drug-likeness (QED) is 0.322. The van der Waals surface area contributed by atoms with E-state index in [4.69, 9.17) is 28.4 Å². The molecule has 0 aromatic heterocycles. The first-order valence-electron chi connectivity index (χ1n) is 17.1. The number of Topliss-reactive ketones (excluding diaryl/α,β-unsaturated/α-hetero) is 1. The molecule has 2 heterocycles. The topological polar surface area (TPSA) is 150 Å². The minimum Gasteiger partial charge on any atom is -0.459 e. The molecule has 270 valence electrons. The van der Waals surface area contributed by atoms with Crippen LogP contribution >= 0.6 is 0 Å². The van der Waals surface area contributed by atoms with Crippen LogP contribution in [-0.2, 0) is 38.0 Å². The summed E-state index contributed by atoms with van der Waals surface area (Å²) in [6, 6.07) is 0. The number of rotatable bonds is 8. The van der Waals surface area contributed by atoms with Crippen LogP contribution in [0.25, 0.3) is 0 Å². The predicted octanol–water partition coefficient (Wildman–Crippen LogP) is 4.20. The van der Waals surface area contributed by atoms with Gasteiger partial charge in [0.15, 0.2) is 6.29 Å². The average Bonchev–Trinajstić information content (AvgIpc) is 2.96. The number of cyclic esters (lactones) is 1. The zero-order valence-corrected chi connectivity index (χ0v) is 30.7. The fourth-order valence-corrected chi connectivity index (χ4v) is 7.53. The van der Waals surface area contributed by atoms with Crippen LogP contribution in [0.15, 0.2) is 0 Å². The Bertz CT molecular complexity index is 1000. The number of hydrogen-bond donors (Lipinski definition) is 3. The Morgan fingerprint density at radius 2 is 1.48 bits per heavy atom. The van der Waals surface area contributed by atoms with E-state index in [1.54, 1.807) is 41.5 Å². The van der Waals surface area contributed by atoms with Gasteiger partial charge < -0.3 is 43.7 Å². The number of carbonyl (C=O) groups is 2. The minimum atomic E-state index is -1.91. The first-order valence-corrected chi connectivity index (χ1v) is 17.1. The molecule has 2 rings (SSSR count). The molecule has 11 nitrogen and oxygen atoms in total. The zero-order chi connectivity index (χ0) is 35.5. The van der Waals surface area contributed by atoms with Crippen molar-refractivity contribution in [2.45, 2.75) is 181 Å². The van der Waals surface area contributed by atoms with E-state index in [9.17, 15) is 24.9 Å². The van der Waals surface area contributed by atoms with E-state index in [2.05, 4.69) is 0 Å². The number of methoxy groups -OCH3 is 1. The van der Waals surface area contributed by atoms with Crippen molar-refractivity contribution in [2.24, 2.45) is 23.7 Å². The first kappa shape index (κ1) is 41.0. The van der Waals surface area contributed by atoms with Gasteiger partial charge in [0.05, 0.1) is 53.7 Å². The molecule has 0 unspecified atom stereocenters. The van der Waals surface area contributed by atoms with Crippen molar-refractivity contribution in [1.82, 2.24) is 0 Å². The lowest BCUT2D eigenvalue weighted by molar-refractivity contribution is -0.302. The maximum absolute atomic E-state index is 14.0. The summed E-state index contributed by atoms with van der Waals surface area (Å²) >= 11 is 0. The van der Waals surface area contributed by atoms with Crippen molar-refractivity contribution in [3.8, 4) is 0 Å². The summed E-state index contributed by atoms with van der Waals surface area (Å²) in [5.74, 6) is -3.82. The molecule has 3 N–H and O–H groups in total. The molecule has 0 spiro atoms. The van der Waals surface area contributed by atoms with Crippen molar-refractivity contribution in [1.29, 1.82) is 0 Å². The van der Waals surface area contributed by atoms with E-state index in [0.717, 1.165) is 0 Å². The summed E-state index contributed by atoms with van der Waals surface area (Å²) in [5, 5.41) is 33.7. The molecule has 2 aliphatic rings. The highest BCUT2D eigenvalue weighted by Crippen LogP contribution is 2.41. The molecule has 2 fully saturated rings. The second kappa shape index (κ2) is 16.0. The maximum Gasteiger partial charge on any atom is 0.311 e. The van der Waals surface area contributed by atoms with Gasteiger partial charge in [-0.2, -0.15) is 0 Å². The number of carbonyl (C=O) groups excluding carboxylic acids is 2. The minimum absolute atomic E-state index is 0.192. The molecule has 0 saturated carbocycles. The molecule has 0 bridgehead atoms. The molecule has 0 amide bonds. The summed E-state index contributed by atoms with van der Waals surface area (Å²) in [6.07, 6.45) is -6.34. The van der Waals surface area contributed by atoms with Gasteiger partial charge >= 0.3 is 5.97 Å². The third-order valence-corrected chi connectivity index (χ3v) is 10.2. The van der Waals surface area contributed by atoms with E-state index in [0.29, 0.717) is 0 Å². The molecule has 46 heavy (non-hydrogen) atoms. The fraction of sp³-hybridized carbons (Fsp3) is 0.943. The highest BCUT2D eigenvalue weighted by atomic mass is 16.7. The number of aliphatic hydroxyl groups is 3. The third kappa shape index (κ3) is 9.08. The molecule has 14 atom stereocenters. The summed E-state index contributed by atoms with van der Waals surface area (Å²) in [6.45, 7) is 23.3. The highest BCUT2D eigenvalue weighted by molar-refractivity contribution is 5.83. The van der Waals surface area contributed by atoms with Gasteiger partial charge in [-0.15, -0.1) is 0 Å². The van der Waals surface area contributed by atoms with Crippen LogP contribution < -0.4 is 0 Å². The van der Waals surface area contributed by atoms with Crippen molar-refractivity contribution < 1.29 is 53.3 Å². The van der Waals surface area contributed by atoms with Crippen LogP contribution in [0.2, 0.25) is 0 Å². The lowest BCUT2D eigenvalue weighted by atomic mass is 9.73. The Kier molecular flexibility index (Phi) is 14.3. The Balaban J connectivity index is 2.77. The Labute approximate surface area is 277 Å². The summed E-state index contributed by atoms with van der Waals surface area (Å²) in [7, 11) is 1.53. The largest absolute Gasteiger partial charge is 0.459 e.